The molecule has 0 radical (unpaired) electrons. The number of pyridine rings is 1. The maximum Gasteiger partial charge on any atom is 0.123 e. The summed E-state index contributed by atoms with van der Waals surface area (Å²) in [5, 5.41) is 0. The molecule has 1 aromatic heterocycles. The maximum absolute atomic E-state index is 5.45. The molecular formula is C7H11N3O. The summed E-state index contributed by atoms with van der Waals surface area (Å²) in [6.45, 7) is 0.642. The first-order chi connectivity index (χ1) is 5.33. The highest BCUT2D eigenvalue weighted by molar-refractivity contribution is 5.31. The molecule has 0 aliphatic carbocycles. The molecule has 4 heteroatoms. The van der Waals surface area contributed by atoms with Crippen molar-refractivity contribution in [3.63, 3.8) is 0 Å². The van der Waals surface area contributed by atoms with Crippen molar-refractivity contribution in [2.24, 2.45) is 0 Å². The quantitative estimate of drug-likeness (QED) is 0.614. The van der Waals surface area contributed by atoms with Gasteiger partial charge in [0.25, 0.3) is 0 Å². The third kappa shape index (κ3) is 2.53. The number of hydroxylamine groups is 1. The Morgan fingerprint density at radius 3 is 3.18 bits per heavy atom. The van der Waals surface area contributed by atoms with E-state index in [0.717, 1.165) is 5.56 Å². The summed E-state index contributed by atoms with van der Waals surface area (Å²) in [4.78, 5) is 8.53. The van der Waals surface area contributed by atoms with Crippen LogP contribution in [0.2, 0.25) is 0 Å². The topological polar surface area (TPSA) is 60.2 Å². The van der Waals surface area contributed by atoms with Gasteiger partial charge in [0.1, 0.15) is 5.82 Å². The number of anilines is 1. The first-order valence-corrected chi connectivity index (χ1v) is 3.29. The van der Waals surface area contributed by atoms with Crippen LogP contribution in [0.15, 0.2) is 18.3 Å². The van der Waals surface area contributed by atoms with Crippen molar-refractivity contribution >= 4 is 5.82 Å². The molecule has 11 heavy (non-hydrogen) atoms. The molecule has 60 valence electrons. The van der Waals surface area contributed by atoms with E-state index in [1.54, 1.807) is 19.4 Å². The fourth-order valence-corrected chi connectivity index (χ4v) is 0.760. The lowest BCUT2D eigenvalue weighted by atomic mass is 10.3. The van der Waals surface area contributed by atoms with Gasteiger partial charge in [0, 0.05) is 12.7 Å². The van der Waals surface area contributed by atoms with E-state index < -0.39 is 0 Å². The van der Waals surface area contributed by atoms with Gasteiger partial charge in [-0.15, -0.1) is 0 Å². The normalized spacial score (nSPS) is 9.91. The third-order valence-corrected chi connectivity index (χ3v) is 1.27. The molecule has 0 spiro atoms. The molecule has 3 N–H and O–H groups in total. The Kier molecular flexibility index (Phi) is 2.83. The van der Waals surface area contributed by atoms with Gasteiger partial charge in [-0.05, 0) is 17.7 Å². The van der Waals surface area contributed by atoms with Crippen LogP contribution in [0.4, 0.5) is 5.82 Å². The van der Waals surface area contributed by atoms with E-state index in [4.69, 9.17) is 5.73 Å². The van der Waals surface area contributed by atoms with Gasteiger partial charge in [-0.25, -0.2) is 4.98 Å². The van der Waals surface area contributed by atoms with Crippen LogP contribution >= 0.6 is 0 Å². The largest absolute Gasteiger partial charge is 0.384 e. The molecule has 1 rings (SSSR count). The number of nitrogens with one attached hydrogen (secondary N) is 1. The molecule has 4 nitrogen and oxygen atoms in total. The van der Waals surface area contributed by atoms with Gasteiger partial charge in [0.2, 0.25) is 0 Å². The molecule has 0 saturated heterocycles. The molecule has 1 heterocycles. The minimum Gasteiger partial charge on any atom is -0.384 e. The lowest BCUT2D eigenvalue weighted by molar-refractivity contribution is 0.0867. The predicted octanol–water partition coefficient (Wildman–Crippen LogP) is 0.315. The van der Waals surface area contributed by atoms with Crippen LogP contribution in [0.25, 0.3) is 0 Å². The average Bonchev–Trinajstić information content (AvgIpc) is 2.01. The van der Waals surface area contributed by atoms with Gasteiger partial charge in [-0.2, -0.15) is 5.48 Å². The van der Waals surface area contributed by atoms with Crippen LogP contribution in [0.5, 0.6) is 0 Å². The third-order valence-electron chi connectivity index (χ3n) is 1.27. The maximum atomic E-state index is 5.45. The Morgan fingerprint density at radius 2 is 2.55 bits per heavy atom. The van der Waals surface area contributed by atoms with Gasteiger partial charge in [-0.3, -0.25) is 0 Å². The van der Waals surface area contributed by atoms with Crippen molar-refractivity contribution in [2.75, 3.05) is 12.8 Å². The number of nitrogens with zero attached hydrogens (tertiary/aromatic N) is 1. The second-order valence-corrected chi connectivity index (χ2v) is 2.11. The molecule has 0 saturated carbocycles. The zero-order chi connectivity index (χ0) is 8.10. The van der Waals surface area contributed by atoms with E-state index in [1.807, 2.05) is 6.07 Å². The summed E-state index contributed by atoms with van der Waals surface area (Å²) >= 11 is 0. The minimum atomic E-state index is 0.528. The summed E-state index contributed by atoms with van der Waals surface area (Å²) < 4.78 is 0. The number of hydrogen-bond donors (Lipinski definition) is 2. The highest BCUT2D eigenvalue weighted by Gasteiger charge is 1.91. The number of rotatable bonds is 3. The molecule has 1 aromatic rings. The van der Waals surface area contributed by atoms with E-state index in [9.17, 15) is 0 Å². The monoisotopic (exact) mass is 153 g/mol. The van der Waals surface area contributed by atoms with Crippen LogP contribution in [0.1, 0.15) is 5.56 Å². The van der Waals surface area contributed by atoms with Gasteiger partial charge in [0.05, 0.1) is 7.11 Å². The van der Waals surface area contributed by atoms with Crippen molar-refractivity contribution in [3.8, 4) is 0 Å². The Labute approximate surface area is 65.3 Å². The van der Waals surface area contributed by atoms with Crippen molar-refractivity contribution in [1.82, 2.24) is 10.5 Å². The van der Waals surface area contributed by atoms with Gasteiger partial charge in [-0.1, -0.05) is 0 Å². The van der Waals surface area contributed by atoms with Crippen molar-refractivity contribution in [3.05, 3.63) is 23.9 Å². The molecule has 0 unspecified atom stereocenters. The van der Waals surface area contributed by atoms with E-state index in [2.05, 4.69) is 15.3 Å². The summed E-state index contributed by atoms with van der Waals surface area (Å²) in [7, 11) is 1.57. The van der Waals surface area contributed by atoms with Crippen molar-refractivity contribution in [2.45, 2.75) is 6.54 Å². The van der Waals surface area contributed by atoms with E-state index >= 15 is 0 Å². The van der Waals surface area contributed by atoms with Crippen LogP contribution in [-0.4, -0.2) is 12.1 Å². The summed E-state index contributed by atoms with van der Waals surface area (Å²) in [6, 6.07) is 3.68. The standard InChI is InChI=1S/C7H11N3O/c1-11-10-5-6-2-3-9-7(8)4-6/h2-4,10H,5H2,1H3,(H2,8,9). The number of nitrogen functional groups attached to an aromatic ring is 1. The van der Waals surface area contributed by atoms with Crippen LogP contribution in [-0.2, 0) is 11.4 Å². The summed E-state index contributed by atoms with van der Waals surface area (Å²) in [5.74, 6) is 0.528. The van der Waals surface area contributed by atoms with Crippen LogP contribution in [0, 0.1) is 0 Å². The lowest BCUT2D eigenvalue weighted by Crippen LogP contribution is -2.10. The number of nitrogens with two attached hydrogens (primary N) is 1. The zero-order valence-electron chi connectivity index (χ0n) is 6.37. The minimum absolute atomic E-state index is 0.528. The fourth-order valence-electron chi connectivity index (χ4n) is 0.760. The molecule has 0 aliphatic rings. The average molecular weight is 153 g/mol. The van der Waals surface area contributed by atoms with Crippen molar-refractivity contribution < 1.29 is 4.84 Å². The van der Waals surface area contributed by atoms with Gasteiger partial charge >= 0.3 is 0 Å². The van der Waals surface area contributed by atoms with E-state index in [1.165, 1.54) is 0 Å². The predicted molar refractivity (Wildman–Crippen MR) is 42.5 cm³/mol. The Balaban J connectivity index is 2.56. The highest BCUT2D eigenvalue weighted by Crippen LogP contribution is 2.01. The number of aromatic nitrogens is 1. The van der Waals surface area contributed by atoms with Crippen LogP contribution < -0.4 is 11.2 Å². The Morgan fingerprint density at radius 1 is 1.73 bits per heavy atom. The van der Waals surface area contributed by atoms with Gasteiger partial charge < -0.3 is 10.6 Å². The molecule has 0 aliphatic heterocycles. The zero-order valence-corrected chi connectivity index (χ0v) is 6.37. The molecule has 0 bridgehead atoms. The molecule has 0 fully saturated rings. The number of hydrogen-bond acceptors (Lipinski definition) is 4. The Hall–Kier alpha value is -1.13. The first kappa shape index (κ1) is 7.97. The van der Waals surface area contributed by atoms with Crippen molar-refractivity contribution in [1.29, 1.82) is 0 Å². The second kappa shape index (κ2) is 3.90. The SMILES string of the molecule is CONCc1ccnc(N)c1. The summed E-state index contributed by atoms with van der Waals surface area (Å²) in [6.07, 6.45) is 1.67. The second-order valence-electron chi connectivity index (χ2n) is 2.11. The molecule has 0 atom stereocenters. The van der Waals surface area contributed by atoms with Crippen LogP contribution in [0.3, 0.4) is 0 Å². The fraction of sp³-hybridized carbons (Fsp3) is 0.286. The smallest absolute Gasteiger partial charge is 0.123 e. The first-order valence-electron chi connectivity index (χ1n) is 3.29. The molecule has 0 amide bonds. The Bertz CT molecular complexity index is 227. The lowest BCUT2D eigenvalue weighted by Gasteiger charge is -2.01. The van der Waals surface area contributed by atoms with Gasteiger partial charge in [0.15, 0.2) is 0 Å². The highest BCUT2D eigenvalue weighted by atomic mass is 16.6. The van der Waals surface area contributed by atoms with E-state index in [-0.39, 0.29) is 0 Å². The molecular weight excluding hydrogens is 142 g/mol. The summed E-state index contributed by atoms with van der Waals surface area (Å²) in [5.41, 5.74) is 9.21. The molecule has 0 aromatic carbocycles. The van der Waals surface area contributed by atoms with E-state index in [0.29, 0.717) is 12.4 Å².